The van der Waals surface area contributed by atoms with Crippen molar-refractivity contribution in [2.75, 3.05) is 26.4 Å². The zero-order chi connectivity index (χ0) is 19.1. The lowest BCUT2D eigenvalue weighted by Crippen LogP contribution is -2.29. The molecule has 0 heterocycles. The highest BCUT2D eigenvalue weighted by molar-refractivity contribution is 7.47. The van der Waals surface area contributed by atoms with Crippen molar-refractivity contribution in [2.24, 2.45) is 5.73 Å². The molecule has 0 aromatic heterocycles. The number of rotatable bonds is 15. The fourth-order valence-electron chi connectivity index (χ4n) is 1.59. The quantitative estimate of drug-likeness (QED) is 0.247. The Morgan fingerprint density at radius 3 is 2.44 bits per heavy atom. The van der Waals surface area contributed by atoms with Gasteiger partial charge in [-0.2, -0.15) is 6.42 Å². The van der Waals surface area contributed by atoms with Gasteiger partial charge < -0.3 is 27.0 Å². The second-order valence-corrected chi connectivity index (χ2v) is 6.70. The molecule has 25 heavy (non-hydrogen) atoms. The first kappa shape index (κ1) is 24.0. The number of phosphoric acid groups is 1. The maximum atomic E-state index is 11.7. The van der Waals surface area contributed by atoms with Gasteiger partial charge in [0.25, 0.3) is 0 Å². The van der Waals surface area contributed by atoms with Gasteiger partial charge in [-0.15, -0.1) is 0 Å². The third-order valence-corrected chi connectivity index (χ3v) is 3.87. The van der Waals surface area contributed by atoms with Crippen LogP contribution in [0.3, 0.4) is 0 Å². The number of carbonyl (C=O) groups is 2. The number of hydrogen-bond donors (Lipinski definition) is 2. The van der Waals surface area contributed by atoms with E-state index in [1.54, 1.807) is 0 Å². The van der Waals surface area contributed by atoms with Crippen LogP contribution in [0.2, 0.25) is 0 Å². The minimum Gasteiger partial charge on any atom is -0.462 e. The van der Waals surface area contributed by atoms with Gasteiger partial charge >= 0.3 is 19.8 Å². The van der Waals surface area contributed by atoms with Gasteiger partial charge in [-0.05, 0) is 6.42 Å². The third-order valence-electron chi connectivity index (χ3n) is 2.89. The van der Waals surface area contributed by atoms with Crippen molar-refractivity contribution in [3.63, 3.8) is 0 Å². The molecule has 0 saturated heterocycles. The molecule has 0 aliphatic rings. The summed E-state index contributed by atoms with van der Waals surface area (Å²) in [7, 11) is -4.31. The Hall–Kier alpha value is -0.990. The minimum absolute atomic E-state index is 0.0489. The molecule has 3 N–H and O–H groups in total. The van der Waals surface area contributed by atoms with Crippen LogP contribution in [0.4, 0.5) is 0 Å². The standard InChI is InChI=1S/C15H29NO8P/c1-3-5-7-14(17)21-11-13(24-15(18)8-6-4-2)12-23-25(19,20)22-10-9-16/h13H,1,3-12,16H2,2H3,(H,19,20)/q-1/t13-/m1/s1. The molecule has 2 atom stereocenters. The monoisotopic (exact) mass is 382 g/mol. The number of unbranched alkanes of at least 4 members (excludes halogenated alkanes) is 2. The van der Waals surface area contributed by atoms with Gasteiger partial charge in [0.2, 0.25) is 0 Å². The van der Waals surface area contributed by atoms with E-state index in [0.717, 1.165) is 6.42 Å². The predicted octanol–water partition coefficient (Wildman–Crippen LogP) is 1.73. The van der Waals surface area contributed by atoms with E-state index in [2.05, 4.69) is 11.4 Å². The van der Waals surface area contributed by atoms with E-state index < -0.39 is 32.5 Å². The highest BCUT2D eigenvalue weighted by Crippen LogP contribution is 2.43. The summed E-state index contributed by atoms with van der Waals surface area (Å²) in [5, 5.41) is 0. The van der Waals surface area contributed by atoms with Crippen molar-refractivity contribution in [2.45, 2.75) is 51.6 Å². The topological polar surface area (TPSA) is 134 Å². The Kier molecular flexibility index (Phi) is 13.6. The summed E-state index contributed by atoms with van der Waals surface area (Å²) < 4.78 is 31.1. The number of carbonyl (C=O) groups excluding carboxylic acids is 2. The number of nitrogens with two attached hydrogens (primary N) is 1. The van der Waals surface area contributed by atoms with E-state index in [4.69, 9.17) is 19.7 Å². The van der Waals surface area contributed by atoms with Crippen molar-refractivity contribution >= 4 is 19.8 Å². The summed E-state index contributed by atoms with van der Waals surface area (Å²) >= 11 is 0. The summed E-state index contributed by atoms with van der Waals surface area (Å²) in [4.78, 5) is 32.7. The van der Waals surface area contributed by atoms with E-state index in [0.29, 0.717) is 19.3 Å². The van der Waals surface area contributed by atoms with Crippen LogP contribution in [-0.2, 0) is 32.7 Å². The van der Waals surface area contributed by atoms with Crippen LogP contribution in [0, 0.1) is 6.92 Å². The van der Waals surface area contributed by atoms with Crippen LogP contribution in [0.25, 0.3) is 0 Å². The second-order valence-electron chi connectivity index (χ2n) is 5.24. The molecular weight excluding hydrogens is 353 g/mol. The molecule has 9 nitrogen and oxygen atoms in total. The predicted molar refractivity (Wildman–Crippen MR) is 90.4 cm³/mol. The first-order valence-electron chi connectivity index (χ1n) is 8.30. The number of phosphoric ester groups is 1. The van der Waals surface area contributed by atoms with Gasteiger partial charge in [0.05, 0.1) is 13.2 Å². The summed E-state index contributed by atoms with van der Waals surface area (Å²) in [6.07, 6.45) is 2.02. The summed E-state index contributed by atoms with van der Waals surface area (Å²) in [6, 6.07) is 0. The van der Waals surface area contributed by atoms with Gasteiger partial charge in [-0.3, -0.25) is 18.6 Å². The fourth-order valence-corrected chi connectivity index (χ4v) is 2.36. The molecule has 0 radical (unpaired) electrons. The molecule has 0 aliphatic heterocycles. The van der Waals surface area contributed by atoms with E-state index in [9.17, 15) is 19.0 Å². The lowest BCUT2D eigenvalue weighted by molar-refractivity contribution is -0.161. The average molecular weight is 382 g/mol. The zero-order valence-electron chi connectivity index (χ0n) is 14.7. The number of esters is 2. The van der Waals surface area contributed by atoms with Crippen LogP contribution >= 0.6 is 7.82 Å². The molecule has 1 unspecified atom stereocenters. The Bertz CT molecular complexity index is 432. The van der Waals surface area contributed by atoms with Crippen LogP contribution in [0.1, 0.15) is 45.4 Å². The summed E-state index contributed by atoms with van der Waals surface area (Å²) in [5.74, 6) is -0.968. The Morgan fingerprint density at radius 1 is 1.16 bits per heavy atom. The number of ether oxygens (including phenoxy) is 2. The normalized spacial score (nSPS) is 14.6. The first-order valence-corrected chi connectivity index (χ1v) is 9.80. The molecule has 0 amide bonds. The molecule has 0 aromatic rings. The van der Waals surface area contributed by atoms with Gasteiger partial charge in [0.15, 0.2) is 6.10 Å². The van der Waals surface area contributed by atoms with Gasteiger partial charge in [-0.25, -0.2) is 4.57 Å². The van der Waals surface area contributed by atoms with Crippen molar-refractivity contribution in [1.82, 2.24) is 0 Å². The lowest BCUT2D eigenvalue weighted by Gasteiger charge is -2.19. The SMILES string of the molecule is [CH2-]CCCC(=O)OC[C@H](COP(=O)(O)OCCN)OC(=O)CCCC. The first-order chi connectivity index (χ1) is 11.8. The molecule has 148 valence electrons. The zero-order valence-corrected chi connectivity index (χ0v) is 15.6. The molecule has 0 fully saturated rings. The Labute approximate surface area is 148 Å². The highest BCUT2D eigenvalue weighted by Gasteiger charge is 2.25. The molecule has 0 aliphatic carbocycles. The molecule has 0 bridgehead atoms. The van der Waals surface area contributed by atoms with E-state index in [1.807, 2.05) is 6.92 Å². The molecule has 0 rings (SSSR count). The lowest BCUT2D eigenvalue weighted by atomic mass is 10.2. The fraction of sp³-hybridized carbons (Fsp3) is 0.800. The van der Waals surface area contributed by atoms with Crippen LogP contribution in [-0.4, -0.2) is 49.3 Å². The van der Waals surface area contributed by atoms with Crippen molar-refractivity contribution in [3.05, 3.63) is 6.92 Å². The van der Waals surface area contributed by atoms with Crippen LogP contribution in [0.15, 0.2) is 0 Å². The Balaban J connectivity index is 4.52. The second kappa shape index (κ2) is 14.2. The Morgan fingerprint density at radius 2 is 1.84 bits per heavy atom. The maximum Gasteiger partial charge on any atom is 0.472 e. The molecule has 0 saturated carbocycles. The van der Waals surface area contributed by atoms with Crippen molar-refractivity contribution in [3.8, 4) is 0 Å². The molecule has 10 heteroatoms. The van der Waals surface area contributed by atoms with Gasteiger partial charge in [0.1, 0.15) is 6.61 Å². The summed E-state index contributed by atoms with van der Waals surface area (Å²) in [6.45, 7) is 4.72. The van der Waals surface area contributed by atoms with E-state index in [-0.39, 0.29) is 32.6 Å². The molecule has 0 spiro atoms. The van der Waals surface area contributed by atoms with Crippen LogP contribution < -0.4 is 5.73 Å². The molecule has 0 aromatic carbocycles. The van der Waals surface area contributed by atoms with E-state index >= 15 is 0 Å². The van der Waals surface area contributed by atoms with Crippen LogP contribution in [0.5, 0.6) is 0 Å². The largest absolute Gasteiger partial charge is 0.472 e. The molecular formula is C15H29NO8P-. The summed E-state index contributed by atoms with van der Waals surface area (Å²) in [5.41, 5.74) is 5.18. The highest BCUT2D eigenvalue weighted by atomic mass is 31.2. The average Bonchev–Trinajstić information content (AvgIpc) is 2.58. The van der Waals surface area contributed by atoms with E-state index in [1.165, 1.54) is 0 Å². The maximum absolute atomic E-state index is 11.7. The van der Waals surface area contributed by atoms with Gasteiger partial charge in [-0.1, -0.05) is 19.8 Å². The smallest absolute Gasteiger partial charge is 0.462 e. The van der Waals surface area contributed by atoms with Crippen molar-refractivity contribution in [1.29, 1.82) is 0 Å². The number of hydrogen-bond acceptors (Lipinski definition) is 8. The third kappa shape index (κ3) is 13.9. The van der Waals surface area contributed by atoms with Gasteiger partial charge in [0, 0.05) is 19.4 Å². The minimum atomic E-state index is -4.31. The van der Waals surface area contributed by atoms with Crippen molar-refractivity contribution < 1.29 is 37.6 Å².